The molecule has 2 N–H and O–H groups in total. The predicted molar refractivity (Wildman–Crippen MR) is 74.6 cm³/mol. The third-order valence-corrected chi connectivity index (χ3v) is 3.03. The van der Waals surface area contributed by atoms with Crippen molar-refractivity contribution in [3.05, 3.63) is 11.9 Å². The van der Waals surface area contributed by atoms with Gasteiger partial charge < -0.3 is 10.6 Å². The fraction of sp³-hybridized carbons (Fsp3) is 0.769. The first-order valence-corrected chi connectivity index (χ1v) is 6.88. The minimum absolute atomic E-state index is 0.0254. The van der Waals surface area contributed by atoms with E-state index in [1.54, 1.807) is 4.68 Å². The fourth-order valence-electron chi connectivity index (χ4n) is 1.48. The van der Waals surface area contributed by atoms with E-state index < -0.39 is 0 Å². The molecule has 0 saturated carbocycles. The van der Waals surface area contributed by atoms with Crippen LogP contribution >= 0.6 is 0 Å². The van der Waals surface area contributed by atoms with Gasteiger partial charge in [0.25, 0.3) is 0 Å². The average Bonchev–Trinajstić information content (AvgIpc) is 2.83. The Morgan fingerprint density at radius 3 is 2.63 bits per heavy atom. The molecule has 0 spiro atoms. The molecule has 1 rings (SSSR count). The summed E-state index contributed by atoms with van der Waals surface area (Å²) in [5, 5.41) is 14.3. The summed E-state index contributed by atoms with van der Waals surface area (Å²) in [6, 6.07) is 0.242. The average molecular weight is 267 g/mol. The quantitative estimate of drug-likeness (QED) is 0.780. The molecule has 0 aromatic carbocycles. The Labute approximate surface area is 115 Å². The Balaban J connectivity index is 2.57. The van der Waals surface area contributed by atoms with E-state index in [0.717, 1.165) is 12.1 Å². The summed E-state index contributed by atoms with van der Waals surface area (Å²) in [6.07, 6.45) is 2.73. The Hall–Kier alpha value is -1.43. The van der Waals surface area contributed by atoms with Crippen LogP contribution in [0.4, 0.5) is 0 Å². The van der Waals surface area contributed by atoms with Crippen molar-refractivity contribution in [3.8, 4) is 0 Å². The molecule has 6 heteroatoms. The summed E-state index contributed by atoms with van der Waals surface area (Å²) in [7, 11) is 0. The van der Waals surface area contributed by atoms with Gasteiger partial charge in [0.2, 0.25) is 5.91 Å². The molecule has 0 bridgehead atoms. The van der Waals surface area contributed by atoms with Crippen molar-refractivity contribution in [2.24, 2.45) is 0 Å². The largest absolute Gasteiger partial charge is 0.352 e. The summed E-state index contributed by atoms with van der Waals surface area (Å²) in [5.41, 5.74) is 0.844. The number of nitrogens with zero attached hydrogens (tertiary/aromatic N) is 3. The molecule has 6 nitrogen and oxygen atoms in total. The smallest absolute Gasteiger partial charge is 0.244 e. The van der Waals surface area contributed by atoms with Crippen molar-refractivity contribution in [1.82, 2.24) is 25.6 Å². The Bertz CT molecular complexity index is 401. The lowest BCUT2D eigenvalue weighted by atomic mass is 10.2. The minimum Gasteiger partial charge on any atom is -0.352 e. The van der Waals surface area contributed by atoms with Gasteiger partial charge in [0.05, 0.1) is 11.9 Å². The highest BCUT2D eigenvalue weighted by molar-refractivity contribution is 5.79. The maximum Gasteiger partial charge on any atom is 0.244 e. The third kappa shape index (κ3) is 4.98. The number of aromatic nitrogens is 3. The van der Waals surface area contributed by atoms with Crippen molar-refractivity contribution >= 4 is 5.91 Å². The minimum atomic E-state index is -0.339. The van der Waals surface area contributed by atoms with Crippen LogP contribution in [-0.4, -0.2) is 33.0 Å². The van der Waals surface area contributed by atoms with Crippen molar-refractivity contribution in [2.75, 3.05) is 0 Å². The van der Waals surface area contributed by atoms with Crippen LogP contribution in [0.25, 0.3) is 0 Å². The molecule has 1 aromatic rings. The number of nitrogens with one attached hydrogen (secondary N) is 2. The second kappa shape index (κ2) is 7.23. The van der Waals surface area contributed by atoms with Crippen molar-refractivity contribution in [3.63, 3.8) is 0 Å². The van der Waals surface area contributed by atoms with Gasteiger partial charge in [-0.3, -0.25) is 4.79 Å². The Morgan fingerprint density at radius 2 is 2.05 bits per heavy atom. The van der Waals surface area contributed by atoms with Crippen LogP contribution in [-0.2, 0) is 11.3 Å². The van der Waals surface area contributed by atoms with Gasteiger partial charge in [-0.2, -0.15) is 0 Å². The SMILES string of the molecule is CCC(C)NC(=O)C(C)n1cc(CNC(C)C)nn1. The summed E-state index contributed by atoms with van der Waals surface area (Å²) >= 11 is 0. The second-order valence-electron chi connectivity index (χ2n) is 5.22. The van der Waals surface area contributed by atoms with Crippen LogP contribution in [0.2, 0.25) is 0 Å². The zero-order valence-corrected chi connectivity index (χ0v) is 12.5. The molecule has 0 aliphatic heterocycles. The molecule has 1 heterocycles. The summed E-state index contributed by atoms with van der Waals surface area (Å²) < 4.78 is 1.61. The monoisotopic (exact) mass is 267 g/mol. The molecule has 108 valence electrons. The van der Waals surface area contributed by atoms with Gasteiger partial charge in [-0.1, -0.05) is 26.0 Å². The lowest BCUT2D eigenvalue weighted by molar-refractivity contribution is -0.124. The van der Waals surface area contributed by atoms with Gasteiger partial charge in [0.15, 0.2) is 0 Å². The molecule has 0 aliphatic carbocycles. The van der Waals surface area contributed by atoms with Gasteiger partial charge in [-0.15, -0.1) is 5.10 Å². The number of rotatable bonds is 7. The molecule has 1 amide bonds. The summed E-state index contributed by atoms with van der Waals surface area (Å²) in [4.78, 5) is 12.0. The maximum atomic E-state index is 12.0. The van der Waals surface area contributed by atoms with Crippen LogP contribution in [0.5, 0.6) is 0 Å². The molecule has 0 radical (unpaired) electrons. The number of hydrogen-bond acceptors (Lipinski definition) is 4. The number of hydrogen-bond donors (Lipinski definition) is 2. The van der Waals surface area contributed by atoms with Crippen molar-refractivity contribution < 1.29 is 4.79 Å². The lowest BCUT2D eigenvalue weighted by Crippen LogP contribution is -2.37. The molecule has 1 aromatic heterocycles. The first-order valence-electron chi connectivity index (χ1n) is 6.88. The summed E-state index contributed by atoms with van der Waals surface area (Å²) in [6.45, 7) is 10.7. The topological polar surface area (TPSA) is 71.8 Å². The van der Waals surface area contributed by atoms with Gasteiger partial charge >= 0.3 is 0 Å². The van der Waals surface area contributed by atoms with Crippen LogP contribution in [0.15, 0.2) is 6.20 Å². The highest BCUT2D eigenvalue weighted by atomic mass is 16.2. The normalized spacial score (nSPS) is 14.4. The van der Waals surface area contributed by atoms with Gasteiger partial charge in [0, 0.05) is 18.6 Å². The molecule has 2 atom stereocenters. The molecular formula is C13H25N5O. The first kappa shape index (κ1) is 15.6. The van der Waals surface area contributed by atoms with E-state index in [2.05, 4.69) is 34.8 Å². The van der Waals surface area contributed by atoms with Crippen LogP contribution in [0.3, 0.4) is 0 Å². The lowest BCUT2D eigenvalue weighted by Gasteiger charge is -2.15. The first-order chi connectivity index (χ1) is 8.93. The second-order valence-corrected chi connectivity index (χ2v) is 5.22. The van der Waals surface area contributed by atoms with Gasteiger partial charge in [-0.05, 0) is 20.3 Å². The van der Waals surface area contributed by atoms with Crippen molar-refractivity contribution in [2.45, 2.75) is 65.7 Å². The number of carbonyl (C=O) groups is 1. The maximum absolute atomic E-state index is 12.0. The van der Waals surface area contributed by atoms with Crippen LogP contribution in [0, 0.1) is 0 Å². The van der Waals surface area contributed by atoms with Gasteiger partial charge in [0.1, 0.15) is 6.04 Å². The molecular weight excluding hydrogens is 242 g/mol. The van der Waals surface area contributed by atoms with E-state index >= 15 is 0 Å². The van der Waals surface area contributed by atoms with Crippen molar-refractivity contribution in [1.29, 1.82) is 0 Å². The predicted octanol–water partition coefficient (Wildman–Crippen LogP) is 1.25. The van der Waals surface area contributed by atoms with E-state index in [4.69, 9.17) is 0 Å². The fourth-order valence-corrected chi connectivity index (χ4v) is 1.48. The molecule has 19 heavy (non-hydrogen) atoms. The number of amides is 1. The zero-order chi connectivity index (χ0) is 14.4. The molecule has 2 unspecified atom stereocenters. The standard InChI is InChI=1S/C13H25N5O/c1-6-10(4)15-13(19)11(5)18-8-12(16-17-18)7-14-9(2)3/h8-11,14H,6-7H2,1-5H3,(H,15,19). The Kier molecular flexibility index (Phi) is 5.95. The number of carbonyl (C=O) groups excluding carboxylic acids is 1. The van der Waals surface area contributed by atoms with Gasteiger partial charge in [-0.25, -0.2) is 4.68 Å². The van der Waals surface area contributed by atoms with Crippen LogP contribution < -0.4 is 10.6 Å². The van der Waals surface area contributed by atoms with E-state index in [0.29, 0.717) is 12.6 Å². The van der Waals surface area contributed by atoms with E-state index in [1.807, 2.05) is 27.0 Å². The summed E-state index contributed by atoms with van der Waals surface area (Å²) in [5.74, 6) is -0.0254. The zero-order valence-electron chi connectivity index (χ0n) is 12.5. The molecule has 0 fully saturated rings. The highest BCUT2D eigenvalue weighted by Crippen LogP contribution is 2.06. The molecule has 0 aliphatic rings. The van der Waals surface area contributed by atoms with E-state index in [-0.39, 0.29) is 18.0 Å². The van der Waals surface area contributed by atoms with E-state index in [9.17, 15) is 4.79 Å². The van der Waals surface area contributed by atoms with E-state index in [1.165, 1.54) is 0 Å². The van der Waals surface area contributed by atoms with Crippen LogP contribution in [0.1, 0.15) is 52.8 Å². The highest BCUT2D eigenvalue weighted by Gasteiger charge is 2.17. The molecule has 0 saturated heterocycles. The Morgan fingerprint density at radius 1 is 1.37 bits per heavy atom. The third-order valence-electron chi connectivity index (χ3n) is 3.03.